The van der Waals surface area contributed by atoms with E-state index in [1.165, 1.54) is 23.1 Å². The number of carbonyl (C=O) groups is 2. The first-order valence-electron chi connectivity index (χ1n) is 9.04. The molecule has 4 rings (SSSR count). The summed E-state index contributed by atoms with van der Waals surface area (Å²) in [4.78, 5) is 29.1. The summed E-state index contributed by atoms with van der Waals surface area (Å²) in [6, 6.07) is 12.3. The predicted molar refractivity (Wildman–Crippen MR) is 115 cm³/mol. The van der Waals surface area contributed by atoms with Crippen molar-refractivity contribution in [2.45, 2.75) is 10.8 Å². The molecule has 1 aromatic heterocycles. The molecular weight excluding hydrogens is 424 g/mol. The highest BCUT2D eigenvalue weighted by Gasteiger charge is 2.17. The average Bonchev–Trinajstić information content (AvgIpc) is 3.41. The third-order valence-electron chi connectivity index (χ3n) is 4.27. The van der Waals surface area contributed by atoms with Gasteiger partial charge in [-0.15, -0.1) is 11.3 Å². The number of amides is 1. The van der Waals surface area contributed by atoms with Crippen LogP contribution in [0.5, 0.6) is 17.2 Å². The Kier molecular flexibility index (Phi) is 6.20. The quantitative estimate of drug-likeness (QED) is 0.416. The van der Waals surface area contributed by atoms with Crippen LogP contribution in [-0.2, 0) is 11.2 Å². The summed E-state index contributed by atoms with van der Waals surface area (Å²) in [6.45, 7) is 0.176. The van der Waals surface area contributed by atoms with Gasteiger partial charge in [-0.1, -0.05) is 11.8 Å². The lowest BCUT2D eigenvalue weighted by Gasteiger charge is -2.05. The van der Waals surface area contributed by atoms with E-state index in [0.717, 1.165) is 10.1 Å². The van der Waals surface area contributed by atoms with Crippen molar-refractivity contribution in [3.8, 4) is 17.2 Å². The van der Waals surface area contributed by atoms with Crippen LogP contribution in [0.1, 0.15) is 16.1 Å². The van der Waals surface area contributed by atoms with Crippen LogP contribution in [0.3, 0.4) is 0 Å². The Bertz CT molecular complexity index is 1070. The molecule has 0 saturated carbocycles. The van der Waals surface area contributed by atoms with Crippen LogP contribution < -0.4 is 19.5 Å². The minimum atomic E-state index is -0.154. The number of Topliss-reactive ketones (excluding diaryl/α,β-unsaturated/α-hetero) is 1. The SMILES string of the molecule is COc1ccc(NC(=O)Cc2csc(SCC(=O)c3ccc4c(c3)OCO4)n2)cc1. The van der Waals surface area contributed by atoms with Gasteiger partial charge in [0.05, 0.1) is 25.0 Å². The van der Waals surface area contributed by atoms with E-state index < -0.39 is 0 Å². The molecule has 0 fully saturated rings. The number of ether oxygens (including phenoxy) is 3. The Hall–Kier alpha value is -3.04. The number of fused-ring (bicyclic) bond motifs is 1. The van der Waals surface area contributed by atoms with Crippen LogP contribution in [0, 0.1) is 0 Å². The molecule has 7 nitrogen and oxygen atoms in total. The second-order valence-corrected chi connectivity index (χ2v) is 8.42. The average molecular weight is 443 g/mol. The van der Waals surface area contributed by atoms with Crippen molar-refractivity contribution >= 4 is 40.5 Å². The molecule has 1 aliphatic heterocycles. The Balaban J connectivity index is 1.28. The maximum Gasteiger partial charge on any atom is 0.231 e. The lowest BCUT2D eigenvalue weighted by Crippen LogP contribution is -2.14. The molecule has 3 aromatic rings. The number of ketones is 1. The summed E-state index contributed by atoms with van der Waals surface area (Å²) in [6.07, 6.45) is 0.166. The molecular formula is C21H18N2O5S2. The normalized spacial score (nSPS) is 11.9. The standard InChI is InChI=1S/C21H18N2O5S2/c1-26-16-5-3-14(4-6-16)22-20(25)9-15-10-29-21(23-15)30-11-17(24)13-2-7-18-19(8-13)28-12-27-18/h2-8,10H,9,11-12H2,1H3,(H,22,25). The molecule has 2 aromatic carbocycles. The fourth-order valence-electron chi connectivity index (χ4n) is 2.76. The van der Waals surface area contributed by atoms with Gasteiger partial charge in [0.2, 0.25) is 12.7 Å². The topological polar surface area (TPSA) is 86.8 Å². The molecule has 1 aliphatic rings. The lowest BCUT2D eigenvalue weighted by atomic mass is 10.1. The van der Waals surface area contributed by atoms with Gasteiger partial charge in [-0.05, 0) is 42.5 Å². The predicted octanol–water partition coefficient (Wildman–Crippen LogP) is 4.04. The van der Waals surface area contributed by atoms with Crippen LogP contribution >= 0.6 is 23.1 Å². The number of hydrogen-bond donors (Lipinski definition) is 1. The van der Waals surface area contributed by atoms with Crippen LogP contribution in [0.15, 0.2) is 52.2 Å². The van der Waals surface area contributed by atoms with Crippen molar-refractivity contribution in [2.24, 2.45) is 0 Å². The number of aromatic nitrogens is 1. The summed E-state index contributed by atoms with van der Waals surface area (Å²) >= 11 is 2.77. The lowest BCUT2D eigenvalue weighted by molar-refractivity contribution is -0.115. The highest BCUT2D eigenvalue weighted by Crippen LogP contribution is 2.33. The maximum atomic E-state index is 12.4. The van der Waals surface area contributed by atoms with Crippen molar-refractivity contribution in [3.05, 3.63) is 59.1 Å². The molecule has 0 bridgehead atoms. The summed E-state index contributed by atoms with van der Waals surface area (Å²) < 4.78 is 16.4. The van der Waals surface area contributed by atoms with Crippen LogP contribution in [0.25, 0.3) is 0 Å². The highest BCUT2D eigenvalue weighted by molar-refractivity contribution is 8.01. The Morgan fingerprint density at radius 3 is 2.77 bits per heavy atom. The second kappa shape index (κ2) is 9.19. The summed E-state index contributed by atoms with van der Waals surface area (Å²) in [5, 5.41) is 4.66. The molecule has 30 heavy (non-hydrogen) atoms. The number of rotatable bonds is 8. The fraction of sp³-hybridized carbons (Fsp3) is 0.190. The Morgan fingerprint density at radius 1 is 1.17 bits per heavy atom. The fourth-order valence-corrected chi connectivity index (χ4v) is 4.50. The first-order valence-corrected chi connectivity index (χ1v) is 10.9. The highest BCUT2D eigenvalue weighted by atomic mass is 32.2. The summed E-state index contributed by atoms with van der Waals surface area (Å²) in [5.74, 6) is 2.04. The van der Waals surface area contributed by atoms with E-state index in [1.807, 2.05) is 5.38 Å². The van der Waals surface area contributed by atoms with E-state index >= 15 is 0 Å². The third-order valence-corrected chi connectivity index (χ3v) is 6.34. The molecule has 0 aliphatic carbocycles. The van der Waals surface area contributed by atoms with E-state index in [-0.39, 0.29) is 30.7 Å². The number of nitrogens with one attached hydrogen (secondary N) is 1. The zero-order valence-corrected chi connectivity index (χ0v) is 17.7. The zero-order chi connectivity index (χ0) is 20.9. The third kappa shape index (κ3) is 4.92. The van der Waals surface area contributed by atoms with Gasteiger partial charge in [0, 0.05) is 16.6 Å². The molecule has 0 saturated heterocycles. The van der Waals surface area contributed by atoms with Crippen LogP contribution in [0.4, 0.5) is 5.69 Å². The van der Waals surface area contributed by atoms with Gasteiger partial charge < -0.3 is 19.5 Å². The van der Waals surface area contributed by atoms with Gasteiger partial charge in [0.15, 0.2) is 21.6 Å². The second-order valence-electron chi connectivity index (χ2n) is 6.34. The van der Waals surface area contributed by atoms with E-state index in [9.17, 15) is 9.59 Å². The number of benzene rings is 2. The molecule has 0 unspecified atom stereocenters. The molecule has 1 N–H and O–H groups in total. The Labute approximate surface area is 181 Å². The van der Waals surface area contributed by atoms with Crippen molar-refractivity contribution in [1.82, 2.24) is 4.98 Å². The van der Waals surface area contributed by atoms with Gasteiger partial charge in [-0.2, -0.15) is 0 Å². The molecule has 0 radical (unpaired) electrons. The largest absolute Gasteiger partial charge is 0.497 e. The first-order chi connectivity index (χ1) is 14.6. The maximum absolute atomic E-state index is 12.4. The summed E-state index contributed by atoms with van der Waals surface area (Å²) in [7, 11) is 1.59. The molecule has 0 spiro atoms. The van der Waals surface area contributed by atoms with E-state index in [2.05, 4.69) is 10.3 Å². The molecule has 1 amide bonds. The minimum Gasteiger partial charge on any atom is -0.497 e. The Morgan fingerprint density at radius 2 is 1.97 bits per heavy atom. The zero-order valence-electron chi connectivity index (χ0n) is 16.0. The molecule has 154 valence electrons. The van der Waals surface area contributed by atoms with Gasteiger partial charge in [0.25, 0.3) is 0 Å². The summed E-state index contributed by atoms with van der Waals surface area (Å²) in [5.41, 5.74) is 1.94. The van der Waals surface area contributed by atoms with E-state index in [0.29, 0.717) is 28.4 Å². The van der Waals surface area contributed by atoms with Gasteiger partial charge in [0.1, 0.15) is 5.75 Å². The number of methoxy groups -OCH3 is 1. The number of thioether (sulfide) groups is 1. The van der Waals surface area contributed by atoms with E-state index in [4.69, 9.17) is 14.2 Å². The van der Waals surface area contributed by atoms with E-state index in [1.54, 1.807) is 49.6 Å². The van der Waals surface area contributed by atoms with Crippen molar-refractivity contribution in [3.63, 3.8) is 0 Å². The van der Waals surface area contributed by atoms with Crippen LogP contribution in [0.2, 0.25) is 0 Å². The smallest absolute Gasteiger partial charge is 0.231 e. The number of anilines is 1. The molecule has 2 heterocycles. The number of hydrogen-bond acceptors (Lipinski definition) is 8. The monoisotopic (exact) mass is 442 g/mol. The van der Waals surface area contributed by atoms with Crippen LogP contribution in [-0.4, -0.2) is 36.3 Å². The minimum absolute atomic E-state index is 0.0210. The number of carbonyl (C=O) groups excluding carboxylic acids is 2. The first kappa shape index (κ1) is 20.2. The van der Waals surface area contributed by atoms with Gasteiger partial charge >= 0.3 is 0 Å². The molecule has 9 heteroatoms. The molecule has 0 atom stereocenters. The van der Waals surface area contributed by atoms with Gasteiger partial charge in [-0.25, -0.2) is 4.98 Å². The van der Waals surface area contributed by atoms with Gasteiger partial charge in [-0.3, -0.25) is 9.59 Å². The van der Waals surface area contributed by atoms with Crippen molar-refractivity contribution in [1.29, 1.82) is 0 Å². The van der Waals surface area contributed by atoms with Crippen molar-refractivity contribution < 1.29 is 23.8 Å². The number of nitrogens with zero attached hydrogens (tertiary/aromatic N) is 1. The number of thiazole rings is 1. The van der Waals surface area contributed by atoms with Crippen molar-refractivity contribution in [2.75, 3.05) is 25.0 Å².